The summed E-state index contributed by atoms with van der Waals surface area (Å²) >= 11 is 8.25. The molecule has 0 unspecified atom stereocenters. The zero-order valence-electron chi connectivity index (χ0n) is 10.2. The molecule has 0 spiro atoms. The fraction of sp³-hybridized carbons (Fsp3) is 0.0714. The van der Waals surface area contributed by atoms with Crippen LogP contribution in [0.1, 0.15) is 11.1 Å². The molecule has 0 aromatic heterocycles. The predicted molar refractivity (Wildman–Crippen MR) is 80.7 cm³/mol. The van der Waals surface area contributed by atoms with Crippen LogP contribution in [0.5, 0.6) is 5.75 Å². The Bertz CT molecular complexity index is 643. The van der Waals surface area contributed by atoms with E-state index < -0.39 is 11.6 Å². The maximum atomic E-state index is 13.1. The third-order valence-corrected chi connectivity index (χ3v) is 3.24. The van der Waals surface area contributed by atoms with E-state index in [9.17, 15) is 8.78 Å². The summed E-state index contributed by atoms with van der Waals surface area (Å²) in [5.74, 6) is -0.826. The Balaban J connectivity index is 2.20. The predicted octanol–water partition coefficient (Wildman–Crippen LogP) is 3.94. The quantitative estimate of drug-likeness (QED) is 0.841. The number of benzene rings is 2. The van der Waals surface area contributed by atoms with Gasteiger partial charge >= 0.3 is 0 Å². The van der Waals surface area contributed by atoms with Gasteiger partial charge < -0.3 is 10.5 Å². The van der Waals surface area contributed by atoms with Gasteiger partial charge in [-0.25, -0.2) is 8.78 Å². The van der Waals surface area contributed by atoms with E-state index in [1.807, 2.05) is 0 Å². The van der Waals surface area contributed by atoms with Gasteiger partial charge in [-0.3, -0.25) is 0 Å². The average Bonchev–Trinajstić information content (AvgIpc) is 2.36. The highest BCUT2D eigenvalue weighted by Gasteiger charge is 2.08. The van der Waals surface area contributed by atoms with Gasteiger partial charge in [0.1, 0.15) is 29.0 Å². The van der Waals surface area contributed by atoms with Crippen LogP contribution in [-0.2, 0) is 6.61 Å². The summed E-state index contributed by atoms with van der Waals surface area (Å²) in [6.07, 6.45) is 0. The minimum absolute atomic E-state index is 0.0198. The van der Waals surface area contributed by atoms with Crippen molar-refractivity contribution in [2.45, 2.75) is 6.61 Å². The Labute approximate surface area is 128 Å². The Kier molecular flexibility index (Phi) is 4.67. The Morgan fingerprint density at radius 3 is 2.40 bits per heavy atom. The van der Waals surface area contributed by atoms with Gasteiger partial charge in [0.15, 0.2) is 0 Å². The van der Waals surface area contributed by atoms with Crippen molar-refractivity contribution in [3.8, 4) is 5.75 Å². The summed E-state index contributed by atoms with van der Waals surface area (Å²) in [4.78, 5) is 0.187. The van der Waals surface area contributed by atoms with Crippen molar-refractivity contribution in [1.82, 2.24) is 0 Å². The number of nitrogens with two attached hydrogens (primary N) is 1. The minimum atomic E-state index is -0.644. The van der Waals surface area contributed by atoms with Gasteiger partial charge in [0.25, 0.3) is 0 Å². The average molecular weight is 358 g/mol. The zero-order valence-corrected chi connectivity index (χ0v) is 12.6. The first-order valence-electron chi connectivity index (χ1n) is 5.63. The lowest BCUT2D eigenvalue weighted by atomic mass is 10.2. The summed E-state index contributed by atoms with van der Waals surface area (Å²) in [7, 11) is 0. The molecule has 0 aliphatic heterocycles. The molecule has 2 aromatic rings. The van der Waals surface area contributed by atoms with Gasteiger partial charge in [-0.15, -0.1) is 0 Å². The van der Waals surface area contributed by atoms with Crippen molar-refractivity contribution in [2.24, 2.45) is 5.73 Å². The monoisotopic (exact) mass is 357 g/mol. The molecule has 0 aliphatic carbocycles. The van der Waals surface area contributed by atoms with Crippen LogP contribution in [-0.4, -0.2) is 4.99 Å². The molecule has 2 nitrogen and oxygen atoms in total. The number of hydrogen-bond acceptors (Lipinski definition) is 2. The van der Waals surface area contributed by atoms with Crippen molar-refractivity contribution in [1.29, 1.82) is 0 Å². The molecule has 0 saturated carbocycles. The molecule has 0 atom stereocenters. The molecular weight excluding hydrogens is 348 g/mol. The first-order valence-corrected chi connectivity index (χ1v) is 6.83. The van der Waals surface area contributed by atoms with Crippen molar-refractivity contribution < 1.29 is 13.5 Å². The van der Waals surface area contributed by atoms with E-state index in [-0.39, 0.29) is 11.6 Å². The third kappa shape index (κ3) is 3.74. The molecule has 0 radical (unpaired) electrons. The van der Waals surface area contributed by atoms with E-state index in [1.54, 1.807) is 18.2 Å². The topological polar surface area (TPSA) is 35.2 Å². The molecule has 0 saturated heterocycles. The highest BCUT2D eigenvalue weighted by atomic mass is 79.9. The lowest BCUT2D eigenvalue weighted by molar-refractivity contribution is 0.304. The van der Waals surface area contributed by atoms with Crippen LogP contribution in [0.25, 0.3) is 0 Å². The van der Waals surface area contributed by atoms with Gasteiger partial charge in [0.05, 0.1) is 5.56 Å². The van der Waals surface area contributed by atoms with Gasteiger partial charge in [-0.05, 0) is 35.9 Å². The van der Waals surface area contributed by atoms with E-state index in [0.717, 1.165) is 10.5 Å². The maximum Gasteiger partial charge on any atom is 0.130 e. The van der Waals surface area contributed by atoms with Crippen molar-refractivity contribution in [3.05, 3.63) is 63.6 Å². The standard InChI is InChI=1S/C14H10BrF2NOS/c15-9-1-2-13(12(5-9)14(18)20)19-7-8-3-10(16)6-11(17)4-8/h1-6H,7H2,(H2,18,20). The second-order valence-electron chi connectivity index (χ2n) is 4.07. The fourth-order valence-corrected chi connectivity index (χ4v) is 2.20. The van der Waals surface area contributed by atoms with Crippen molar-refractivity contribution in [3.63, 3.8) is 0 Å². The van der Waals surface area contributed by atoms with Crippen LogP contribution < -0.4 is 10.5 Å². The minimum Gasteiger partial charge on any atom is -0.488 e. The van der Waals surface area contributed by atoms with Gasteiger partial charge in [0, 0.05) is 10.5 Å². The number of thiocarbonyl (C=S) groups is 1. The van der Waals surface area contributed by atoms with E-state index in [0.29, 0.717) is 16.9 Å². The summed E-state index contributed by atoms with van der Waals surface area (Å²) in [5.41, 5.74) is 6.56. The molecular formula is C14H10BrF2NOS. The molecule has 2 N–H and O–H groups in total. The Morgan fingerprint density at radius 1 is 1.15 bits per heavy atom. The molecule has 104 valence electrons. The summed E-state index contributed by atoms with van der Waals surface area (Å²) in [6.45, 7) is 0.0198. The highest BCUT2D eigenvalue weighted by Crippen LogP contribution is 2.24. The van der Waals surface area contributed by atoms with Gasteiger partial charge in [-0.2, -0.15) is 0 Å². The van der Waals surface area contributed by atoms with E-state index >= 15 is 0 Å². The Morgan fingerprint density at radius 2 is 1.80 bits per heavy atom. The van der Waals surface area contributed by atoms with Crippen LogP contribution in [0.15, 0.2) is 40.9 Å². The van der Waals surface area contributed by atoms with E-state index in [4.69, 9.17) is 22.7 Å². The lowest BCUT2D eigenvalue weighted by Gasteiger charge is -2.11. The lowest BCUT2D eigenvalue weighted by Crippen LogP contribution is -2.11. The van der Waals surface area contributed by atoms with Gasteiger partial charge in [-0.1, -0.05) is 28.1 Å². The molecule has 20 heavy (non-hydrogen) atoms. The second kappa shape index (κ2) is 6.28. The van der Waals surface area contributed by atoms with Gasteiger partial charge in [0.2, 0.25) is 0 Å². The Hall–Kier alpha value is -1.53. The SMILES string of the molecule is NC(=S)c1cc(Br)ccc1OCc1cc(F)cc(F)c1. The number of halogens is 3. The van der Waals surface area contributed by atoms with Crippen LogP contribution in [0, 0.1) is 11.6 Å². The smallest absolute Gasteiger partial charge is 0.130 e. The van der Waals surface area contributed by atoms with Crippen LogP contribution >= 0.6 is 28.1 Å². The first kappa shape index (κ1) is 14.9. The first-order chi connectivity index (χ1) is 9.45. The fourth-order valence-electron chi connectivity index (χ4n) is 1.68. The van der Waals surface area contributed by atoms with Crippen LogP contribution in [0.3, 0.4) is 0 Å². The second-order valence-corrected chi connectivity index (χ2v) is 5.43. The normalized spacial score (nSPS) is 10.3. The van der Waals surface area contributed by atoms with Crippen LogP contribution in [0.4, 0.5) is 8.78 Å². The molecule has 0 amide bonds. The molecule has 2 rings (SSSR count). The summed E-state index contributed by atoms with van der Waals surface area (Å²) < 4.78 is 32.5. The zero-order chi connectivity index (χ0) is 14.7. The number of rotatable bonds is 4. The van der Waals surface area contributed by atoms with E-state index in [1.165, 1.54) is 12.1 Å². The van der Waals surface area contributed by atoms with Crippen molar-refractivity contribution in [2.75, 3.05) is 0 Å². The van der Waals surface area contributed by atoms with Crippen molar-refractivity contribution >= 4 is 33.1 Å². The maximum absolute atomic E-state index is 13.1. The number of ether oxygens (including phenoxy) is 1. The molecule has 0 aliphatic rings. The molecule has 6 heteroatoms. The number of hydrogen-bond donors (Lipinski definition) is 1. The molecule has 0 heterocycles. The highest BCUT2D eigenvalue weighted by molar-refractivity contribution is 9.10. The molecule has 0 fully saturated rings. The van der Waals surface area contributed by atoms with E-state index in [2.05, 4.69) is 15.9 Å². The molecule has 2 aromatic carbocycles. The molecule has 0 bridgehead atoms. The summed E-state index contributed by atoms with van der Waals surface area (Å²) in [5, 5.41) is 0. The third-order valence-electron chi connectivity index (χ3n) is 2.52. The largest absolute Gasteiger partial charge is 0.488 e. The summed E-state index contributed by atoms with van der Waals surface area (Å²) in [6, 6.07) is 8.41. The van der Waals surface area contributed by atoms with Crippen LogP contribution in [0.2, 0.25) is 0 Å².